The molecule has 0 bridgehead atoms. The van der Waals surface area contributed by atoms with Crippen molar-refractivity contribution in [2.75, 3.05) is 0 Å². The number of phenols is 4. The van der Waals surface area contributed by atoms with Crippen LogP contribution in [0.25, 0.3) is 12.2 Å². The van der Waals surface area contributed by atoms with Crippen molar-refractivity contribution in [1.29, 1.82) is 0 Å². The number of rotatable bonds is 4. The Morgan fingerprint density at radius 3 is 1.91 bits per heavy atom. The van der Waals surface area contributed by atoms with E-state index in [1.165, 1.54) is 12.1 Å². The fourth-order valence-corrected chi connectivity index (χ4v) is 2.11. The van der Waals surface area contributed by atoms with Crippen molar-refractivity contribution in [3.63, 3.8) is 0 Å². The van der Waals surface area contributed by atoms with Crippen LogP contribution in [-0.2, 0) is 6.42 Å². The van der Waals surface area contributed by atoms with Gasteiger partial charge in [-0.05, 0) is 55.7 Å². The van der Waals surface area contributed by atoms with Crippen LogP contribution in [-0.4, -0.2) is 20.4 Å². The second-order valence-corrected chi connectivity index (χ2v) is 5.60. The van der Waals surface area contributed by atoms with Crippen molar-refractivity contribution >= 4 is 12.2 Å². The molecule has 0 radical (unpaired) electrons. The minimum absolute atomic E-state index is 0.0377. The maximum atomic E-state index is 10.1. The summed E-state index contributed by atoms with van der Waals surface area (Å²) in [7, 11) is 0. The van der Waals surface area contributed by atoms with E-state index >= 15 is 0 Å². The molecule has 120 valence electrons. The van der Waals surface area contributed by atoms with Gasteiger partial charge in [-0.1, -0.05) is 29.9 Å². The summed E-state index contributed by atoms with van der Waals surface area (Å²) in [5.74, 6) is -0.303. The lowest BCUT2D eigenvalue weighted by molar-refractivity contribution is 0.403. The van der Waals surface area contributed by atoms with E-state index in [0.29, 0.717) is 23.1 Å². The van der Waals surface area contributed by atoms with Crippen LogP contribution in [0.3, 0.4) is 0 Å². The van der Waals surface area contributed by atoms with Crippen molar-refractivity contribution in [3.05, 3.63) is 58.7 Å². The lowest BCUT2D eigenvalue weighted by atomic mass is 10.0. The van der Waals surface area contributed by atoms with Crippen molar-refractivity contribution in [2.24, 2.45) is 0 Å². The first-order chi connectivity index (χ1) is 10.9. The predicted molar refractivity (Wildman–Crippen MR) is 91.6 cm³/mol. The average molecular weight is 312 g/mol. The normalized spacial score (nSPS) is 10.9. The molecule has 4 nitrogen and oxygen atoms in total. The van der Waals surface area contributed by atoms with E-state index in [9.17, 15) is 20.4 Å². The van der Waals surface area contributed by atoms with E-state index in [-0.39, 0.29) is 23.0 Å². The highest BCUT2D eigenvalue weighted by atomic mass is 16.3. The van der Waals surface area contributed by atoms with Gasteiger partial charge in [0.15, 0.2) is 11.5 Å². The SMILES string of the molecule is CC(C)=CCc1c(O)cc(/C=C/c2ccc(O)c(O)c2)cc1O. The van der Waals surface area contributed by atoms with Crippen molar-refractivity contribution in [3.8, 4) is 23.0 Å². The molecule has 4 N–H and O–H groups in total. The Morgan fingerprint density at radius 1 is 0.783 bits per heavy atom. The molecule has 2 aromatic rings. The van der Waals surface area contributed by atoms with Gasteiger partial charge in [-0.15, -0.1) is 0 Å². The van der Waals surface area contributed by atoms with Crippen LogP contribution < -0.4 is 0 Å². The zero-order chi connectivity index (χ0) is 17.0. The Kier molecular flexibility index (Phi) is 4.96. The summed E-state index contributed by atoms with van der Waals surface area (Å²) in [5, 5.41) is 38.9. The molecule has 0 amide bonds. The van der Waals surface area contributed by atoms with Gasteiger partial charge < -0.3 is 20.4 Å². The molecule has 0 spiro atoms. The maximum Gasteiger partial charge on any atom is 0.157 e. The summed E-state index contributed by atoms with van der Waals surface area (Å²) >= 11 is 0. The van der Waals surface area contributed by atoms with E-state index in [2.05, 4.69) is 0 Å². The van der Waals surface area contributed by atoms with Gasteiger partial charge in [-0.25, -0.2) is 0 Å². The van der Waals surface area contributed by atoms with Gasteiger partial charge in [0, 0.05) is 5.56 Å². The third-order valence-corrected chi connectivity index (χ3v) is 3.41. The van der Waals surface area contributed by atoms with Crippen LogP contribution >= 0.6 is 0 Å². The number of aromatic hydroxyl groups is 4. The molecule has 23 heavy (non-hydrogen) atoms. The van der Waals surface area contributed by atoms with Crippen molar-refractivity contribution in [2.45, 2.75) is 20.3 Å². The topological polar surface area (TPSA) is 80.9 Å². The summed E-state index contributed by atoms with van der Waals surface area (Å²) in [6.07, 6.45) is 5.82. The molecule has 0 fully saturated rings. The highest BCUT2D eigenvalue weighted by molar-refractivity contribution is 5.72. The van der Waals surface area contributed by atoms with Gasteiger partial charge in [-0.2, -0.15) is 0 Å². The minimum atomic E-state index is -0.199. The second kappa shape index (κ2) is 6.92. The first-order valence-corrected chi connectivity index (χ1v) is 7.25. The molecule has 0 aliphatic rings. The first-order valence-electron chi connectivity index (χ1n) is 7.25. The molecule has 2 aromatic carbocycles. The summed E-state index contributed by atoms with van der Waals surface area (Å²) in [5.41, 5.74) is 2.92. The van der Waals surface area contributed by atoms with Gasteiger partial charge in [0.05, 0.1) is 0 Å². The Bertz CT molecular complexity index is 746. The third-order valence-electron chi connectivity index (χ3n) is 3.41. The lowest BCUT2D eigenvalue weighted by Gasteiger charge is -2.07. The smallest absolute Gasteiger partial charge is 0.157 e. The number of benzene rings is 2. The lowest BCUT2D eigenvalue weighted by Crippen LogP contribution is -1.87. The maximum absolute atomic E-state index is 10.1. The van der Waals surface area contributed by atoms with Crippen LogP contribution in [0.1, 0.15) is 30.5 Å². The Morgan fingerprint density at radius 2 is 1.35 bits per heavy atom. The van der Waals surface area contributed by atoms with Crippen molar-refractivity contribution < 1.29 is 20.4 Å². The van der Waals surface area contributed by atoms with Gasteiger partial charge in [0.1, 0.15) is 11.5 Å². The Balaban J connectivity index is 2.25. The summed E-state index contributed by atoms with van der Waals surface area (Å²) < 4.78 is 0. The molecular weight excluding hydrogens is 292 g/mol. The van der Waals surface area contributed by atoms with Gasteiger partial charge in [-0.3, -0.25) is 0 Å². The molecule has 0 heterocycles. The quantitative estimate of drug-likeness (QED) is 0.388. The molecule has 0 saturated heterocycles. The van der Waals surface area contributed by atoms with E-state index in [0.717, 1.165) is 5.57 Å². The van der Waals surface area contributed by atoms with E-state index in [4.69, 9.17) is 0 Å². The molecule has 0 unspecified atom stereocenters. The van der Waals surface area contributed by atoms with Gasteiger partial charge >= 0.3 is 0 Å². The largest absolute Gasteiger partial charge is 0.507 e. The number of phenolic OH excluding ortho intramolecular Hbond substituents is 4. The molecule has 0 atom stereocenters. The highest BCUT2D eigenvalue weighted by Gasteiger charge is 2.07. The van der Waals surface area contributed by atoms with Crippen LogP contribution in [0.4, 0.5) is 0 Å². The van der Waals surface area contributed by atoms with E-state index in [1.807, 2.05) is 19.9 Å². The molecule has 0 aliphatic heterocycles. The summed E-state index contributed by atoms with van der Waals surface area (Å²) in [4.78, 5) is 0. The molecule has 0 aliphatic carbocycles. The van der Waals surface area contributed by atoms with Crippen LogP contribution in [0.5, 0.6) is 23.0 Å². The fraction of sp³-hybridized carbons (Fsp3) is 0.158. The number of hydrogen-bond acceptors (Lipinski definition) is 4. The summed E-state index contributed by atoms with van der Waals surface area (Å²) in [6.45, 7) is 3.91. The molecule has 2 rings (SSSR count). The first kappa shape index (κ1) is 16.5. The number of hydrogen-bond donors (Lipinski definition) is 4. The third kappa shape index (κ3) is 4.30. The summed E-state index contributed by atoms with van der Waals surface area (Å²) in [6, 6.07) is 7.62. The number of allylic oxidation sites excluding steroid dienone is 2. The molecule has 0 aromatic heterocycles. The minimum Gasteiger partial charge on any atom is -0.507 e. The van der Waals surface area contributed by atoms with E-state index in [1.54, 1.807) is 30.4 Å². The van der Waals surface area contributed by atoms with Gasteiger partial charge in [0.2, 0.25) is 0 Å². The average Bonchev–Trinajstić information content (AvgIpc) is 2.47. The molecule has 0 saturated carbocycles. The predicted octanol–water partition coefficient (Wildman–Crippen LogP) is 4.19. The van der Waals surface area contributed by atoms with E-state index < -0.39 is 0 Å². The van der Waals surface area contributed by atoms with Gasteiger partial charge in [0.25, 0.3) is 0 Å². The van der Waals surface area contributed by atoms with Crippen molar-refractivity contribution in [1.82, 2.24) is 0 Å². The Labute approximate surface area is 135 Å². The Hall–Kier alpha value is -2.88. The molecule has 4 heteroatoms. The molecular formula is C19H20O4. The van der Waals surface area contributed by atoms with Crippen LogP contribution in [0, 0.1) is 0 Å². The second-order valence-electron chi connectivity index (χ2n) is 5.60. The zero-order valence-corrected chi connectivity index (χ0v) is 13.1. The van der Waals surface area contributed by atoms with Crippen LogP contribution in [0.15, 0.2) is 42.0 Å². The standard InChI is InChI=1S/C19H20O4/c1-12(2)3-7-15-17(21)10-14(11-18(15)22)5-4-13-6-8-16(20)19(23)9-13/h3-6,8-11,20-23H,7H2,1-2H3/b5-4+. The monoisotopic (exact) mass is 312 g/mol. The highest BCUT2D eigenvalue weighted by Crippen LogP contribution is 2.31. The fourth-order valence-electron chi connectivity index (χ4n) is 2.11. The zero-order valence-electron chi connectivity index (χ0n) is 13.1. The van der Waals surface area contributed by atoms with Crippen LogP contribution in [0.2, 0.25) is 0 Å².